The summed E-state index contributed by atoms with van der Waals surface area (Å²) in [6.07, 6.45) is 5.35. The third kappa shape index (κ3) is 5.00. The van der Waals surface area contributed by atoms with E-state index in [1.807, 2.05) is 14.1 Å². The first-order chi connectivity index (χ1) is 14.9. The van der Waals surface area contributed by atoms with Crippen molar-refractivity contribution in [1.82, 2.24) is 9.88 Å². The van der Waals surface area contributed by atoms with Gasteiger partial charge in [0.05, 0.1) is 26.7 Å². The quantitative estimate of drug-likeness (QED) is 0.274. The molecule has 1 aliphatic heterocycles. The lowest BCUT2D eigenvalue weighted by atomic mass is 9.95. The first-order valence-corrected chi connectivity index (χ1v) is 10.2. The van der Waals surface area contributed by atoms with Crippen molar-refractivity contribution >= 4 is 17.4 Å². The van der Waals surface area contributed by atoms with Crippen LogP contribution in [0.5, 0.6) is 5.75 Å². The SMILES string of the molecule is C=CCOc1ccc(C2C(=C([O-])c3ccncc3)C(=O)C(=O)N2CCC[NH+](C)C)cc1. The first kappa shape index (κ1) is 22.2. The van der Waals surface area contributed by atoms with Crippen LogP contribution in [-0.2, 0) is 9.59 Å². The van der Waals surface area contributed by atoms with Gasteiger partial charge in [-0.25, -0.2) is 0 Å². The number of benzene rings is 1. The largest absolute Gasteiger partial charge is 0.872 e. The third-order valence-corrected chi connectivity index (χ3v) is 5.11. The number of nitrogens with zero attached hydrogens (tertiary/aromatic N) is 2. The number of hydrogen-bond acceptors (Lipinski definition) is 5. The zero-order valence-corrected chi connectivity index (χ0v) is 17.8. The molecule has 1 aromatic heterocycles. The summed E-state index contributed by atoms with van der Waals surface area (Å²) >= 11 is 0. The van der Waals surface area contributed by atoms with Crippen LogP contribution in [-0.4, -0.2) is 55.4 Å². The van der Waals surface area contributed by atoms with E-state index in [9.17, 15) is 14.7 Å². The number of likely N-dealkylation sites (tertiary alicyclic amines) is 1. The molecule has 2 heterocycles. The van der Waals surface area contributed by atoms with E-state index in [1.54, 1.807) is 42.5 Å². The zero-order valence-electron chi connectivity index (χ0n) is 17.8. The molecule has 1 saturated heterocycles. The topological polar surface area (TPSA) is 87.0 Å². The van der Waals surface area contributed by atoms with Crippen LogP contribution in [0.2, 0.25) is 0 Å². The Kier molecular flexibility index (Phi) is 7.20. The Morgan fingerprint density at radius 1 is 1.19 bits per heavy atom. The molecule has 2 aromatic rings. The van der Waals surface area contributed by atoms with Gasteiger partial charge in [0.2, 0.25) is 5.78 Å². The minimum absolute atomic E-state index is 0.0202. The van der Waals surface area contributed by atoms with Gasteiger partial charge in [-0.15, -0.1) is 0 Å². The van der Waals surface area contributed by atoms with Crippen molar-refractivity contribution in [1.29, 1.82) is 0 Å². The molecule has 3 rings (SSSR count). The molecule has 1 unspecified atom stereocenters. The second-order valence-electron chi connectivity index (χ2n) is 7.69. The average molecular weight is 421 g/mol. The minimum Gasteiger partial charge on any atom is -0.872 e. The average Bonchev–Trinajstić information content (AvgIpc) is 3.03. The van der Waals surface area contributed by atoms with Gasteiger partial charge >= 0.3 is 0 Å². The fraction of sp³-hybridized carbons (Fsp3) is 0.292. The smallest absolute Gasteiger partial charge is 0.295 e. The molecular formula is C24H27N3O4. The van der Waals surface area contributed by atoms with Crippen molar-refractivity contribution in [2.45, 2.75) is 12.5 Å². The normalized spacial score (nSPS) is 17.9. The molecule has 0 spiro atoms. The molecule has 0 bridgehead atoms. The number of aromatic nitrogens is 1. The number of carbonyl (C=O) groups excluding carboxylic acids is 2. The lowest BCUT2D eigenvalue weighted by Gasteiger charge is -2.27. The van der Waals surface area contributed by atoms with Gasteiger partial charge in [-0.2, -0.15) is 0 Å². The zero-order chi connectivity index (χ0) is 22.4. The number of nitrogens with one attached hydrogen (secondary N) is 1. The number of pyridine rings is 1. The lowest BCUT2D eigenvalue weighted by molar-refractivity contribution is -0.858. The molecule has 0 aliphatic carbocycles. The van der Waals surface area contributed by atoms with Crippen molar-refractivity contribution in [3.8, 4) is 5.75 Å². The monoisotopic (exact) mass is 421 g/mol. The Bertz CT molecular complexity index is 968. The van der Waals surface area contributed by atoms with Gasteiger partial charge in [-0.3, -0.25) is 14.6 Å². The number of amides is 1. The molecule has 7 heteroatoms. The standard InChI is InChI=1S/C24H27N3O4/c1-4-16-31-19-8-6-17(7-9-19)21-20(22(28)18-10-12-25-13-11-18)23(29)24(30)27(21)15-5-14-26(2)3/h4,6-13,21,28H,1,5,14-16H2,2-3H3. The Morgan fingerprint density at radius 2 is 1.87 bits per heavy atom. The molecule has 162 valence electrons. The lowest BCUT2D eigenvalue weighted by Crippen LogP contribution is -3.05. The molecule has 31 heavy (non-hydrogen) atoms. The second-order valence-corrected chi connectivity index (χ2v) is 7.69. The van der Waals surface area contributed by atoms with E-state index in [0.29, 0.717) is 30.0 Å². The van der Waals surface area contributed by atoms with Gasteiger partial charge in [0.1, 0.15) is 12.4 Å². The van der Waals surface area contributed by atoms with E-state index in [2.05, 4.69) is 11.6 Å². The highest BCUT2D eigenvalue weighted by Crippen LogP contribution is 2.39. The van der Waals surface area contributed by atoms with Gasteiger partial charge in [-0.05, 0) is 35.4 Å². The van der Waals surface area contributed by atoms with Crippen LogP contribution < -0.4 is 14.7 Å². The highest BCUT2D eigenvalue weighted by molar-refractivity contribution is 6.46. The molecule has 1 aromatic carbocycles. The van der Waals surface area contributed by atoms with Gasteiger partial charge in [0.15, 0.2) is 0 Å². The van der Waals surface area contributed by atoms with Crippen LogP contribution in [0.15, 0.2) is 67.0 Å². The van der Waals surface area contributed by atoms with Crippen molar-refractivity contribution in [3.63, 3.8) is 0 Å². The van der Waals surface area contributed by atoms with Crippen LogP contribution in [0.4, 0.5) is 0 Å². The van der Waals surface area contributed by atoms with E-state index in [0.717, 1.165) is 13.0 Å². The number of ether oxygens (including phenoxy) is 1. The summed E-state index contributed by atoms with van der Waals surface area (Å²) in [7, 11) is 4.06. The van der Waals surface area contributed by atoms with Crippen LogP contribution in [0, 0.1) is 0 Å². The van der Waals surface area contributed by atoms with E-state index < -0.39 is 23.5 Å². The number of rotatable bonds is 9. The number of Topliss-reactive ketones (excluding diaryl/α,β-unsaturated/α-hetero) is 1. The molecular weight excluding hydrogens is 394 g/mol. The van der Waals surface area contributed by atoms with Crippen molar-refractivity contribution < 1.29 is 24.3 Å². The van der Waals surface area contributed by atoms with Gasteiger partial charge in [-0.1, -0.05) is 30.5 Å². The molecule has 0 radical (unpaired) electrons. The summed E-state index contributed by atoms with van der Waals surface area (Å²) in [5.74, 6) is -1.18. The van der Waals surface area contributed by atoms with E-state index in [-0.39, 0.29) is 5.57 Å². The van der Waals surface area contributed by atoms with E-state index >= 15 is 0 Å². The van der Waals surface area contributed by atoms with Crippen LogP contribution >= 0.6 is 0 Å². The number of carbonyl (C=O) groups is 2. The van der Waals surface area contributed by atoms with E-state index in [4.69, 9.17) is 4.74 Å². The summed E-state index contributed by atoms with van der Waals surface area (Å²) in [6, 6.07) is 9.48. The Hall–Kier alpha value is -3.45. The van der Waals surface area contributed by atoms with Crippen molar-refractivity contribution in [3.05, 3.63) is 78.1 Å². The third-order valence-electron chi connectivity index (χ3n) is 5.11. The summed E-state index contributed by atoms with van der Waals surface area (Å²) in [6.45, 7) is 5.23. The Labute approximate surface area is 182 Å². The molecule has 7 nitrogen and oxygen atoms in total. The Balaban J connectivity index is 2.02. The number of quaternary nitrogens is 1. The maximum atomic E-state index is 13.2. The highest BCUT2D eigenvalue weighted by atomic mass is 16.5. The minimum atomic E-state index is -0.740. The predicted octanol–water partition coefficient (Wildman–Crippen LogP) is 0.405. The van der Waals surface area contributed by atoms with Gasteiger partial charge in [0, 0.05) is 30.9 Å². The fourth-order valence-electron chi connectivity index (χ4n) is 3.61. The summed E-state index contributed by atoms with van der Waals surface area (Å²) in [5.41, 5.74) is 1.01. The maximum absolute atomic E-state index is 13.2. The van der Waals surface area contributed by atoms with Crippen molar-refractivity contribution in [2.24, 2.45) is 0 Å². The van der Waals surface area contributed by atoms with Gasteiger partial charge < -0.3 is 19.6 Å². The van der Waals surface area contributed by atoms with Crippen molar-refractivity contribution in [2.75, 3.05) is 33.8 Å². The highest BCUT2D eigenvalue weighted by Gasteiger charge is 2.43. The van der Waals surface area contributed by atoms with Crippen LogP contribution in [0.3, 0.4) is 0 Å². The van der Waals surface area contributed by atoms with Crippen LogP contribution in [0.1, 0.15) is 23.6 Å². The van der Waals surface area contributed by atoms with Crippen LogP contribution in [0.25, 0.3) is 5.76 Å². The molecule has 1 atom stereocenters. The summed E-state index contributed by atoms with van der Waals surface area (Å²) in [4.78, 5) is 32.5. The van der Waals surface area contributed by atoms with Gasteiger partial charge in [0.25, 0.3) is 5.91 Å². The molecule has 1 N–H and O–H groups in total. The number of hydrogen-bond donors (Lipinski definition) is 1. The number of ketones is 1. The molecule has 1 amide bonds. The first-order valence-electron chi connectivity index (χ1n) is 10.2. The van der Waals surface area contributed by atoms with E-state index in [1.165, 1.54) is 22.2 Å². The second kappa shape index (κ2) is 10.0. The Morgan fingerprint density at radius 3 is 2.48 bits per heavy atom. The molecule has 1 aliphatic rings. The molecule has 0 saturated carbocycles. The predicted molar refractivity (Wildman–Crippen MR) is 115 cm³/mol. The fourth-order valence-corrected chi connectivity index (χ4v) is 3.61. The summed E-state index contributed by atoms with van der Waals surface area (Å²) in [5, 5.41) is 13.2. The maximum Gasteiger partial charge on any atom is 0.295 e. The molecule has 1 fully saturated rings. The summed E-state index contributed by atoms with van der Waals surface area (Å²) < 4.78 is 5.53.